The van der Waals surface area contributed by atoms with Crippen LogP contribution < -0.4 is 15.1 Å². The molecule has 3 heterocycles. The minimum atomic E-state index is -1.35. The number of fused-ring (bicyclic) bond motifs is 1. The van der Waals surface area contributed by atoms with E-state index in [4.69, 9.17) is 4.74 Å². The van der Waals surface area contributed by atoms with Gasteiger partial charge in [-0.15, -0.1) is 0 Å². The Kier molecular flexibility index (Phi) is 6.31. The third kappa shape index (κ3) is 4.39. The van der Waals surface area contributed by atoms with E-state index in [-0.39, 0.29) is 28.7 Å². The molecule has 12 nitrogen and oxygen atoms in total. The molecule has 1 aliphatic heterocycles. The van der Waals surface area contributed by atoms with Crippen molar-refractivity contribution in [2.24, 2.45) is 0 Å². The highest BCUT2D eigenvalue weighted by Crippen LogP contribution is 2.43. The van der Waals surface area contributed by atoms with Crippen LogP contribution in [0.2, 0.25) is 0 Å². The first-order valence-corrected chi connectivity index (χ1v) is 12.0. The number of ether oxygens (including phenoxy) is 1. The van der Waals surface area contributed by atoms with E-state index >= 15 is 4.39 Å². The molecule has 0 atom stereocenters. The SMILES string of the molecule is COc1c(N2CCN(CCn3c([N+](=O)[O-])cnc3C)CC2)c(F)cc2c(=O)c(C(=O)O)cn(C3CC3)c12. The molecule has 1 saturated heterocycles. The number of hydrogen-bond acceptors (Lipinski definition) is 8. The zero-order valence-electron chi connectivity index (χ0n) is 20.5. The first kappa shape index (κ1) is 24.7. The number of benzene rings is 1. The summed E-state index contributed by atoms with van der Waals surface area (Å²) in [4.78, 5) is 43.4. The van der Waals surface area contributed by atoms with E-state index in [1.165, 1.54) is 19.5 Å². The maximum absolute atomic E-state index is 15.5. The Morgan fingerprint density at radius 3 is 2.57 bits per heavy atom. The van der Waals surface area contributed by atoms with Gasteiger partial charge < -0.3 is 29.4 Å². The van der Waals surface area contributed by atoms with Crippen molar-refractivity contribution >= 4 is 28.4 Å². The number of nitro groups is 1. The second kappa shape index (κ2) is 9.47. The summed E-state index contributed by atoms with van der Waals surface area (Å²) in [6.45, 7) is 4.85. The molecule has 0 amide bonds. The second-order valence-electron chi connectivity index (χ2n) is 9.35. The summed E-state index contributed by atoms with van der Waals surface area (Å²) < 4.78 is 24.5. The number of methoxy groups -OCH3 is 1. The monoisotopic (exact) mass is 514 g/mol. The van der Waals surface area contributed by atoms with Gasteiger partial charge in [-0.3, -0.25) is 9.69 Å². The zero-order chi connectivity index (χ0) is 26.4. The Bertz CT molecular complexity index is 1450. The molecular formula is C24H27FN6O6. The Labute approximate surface area is 210 Å². The van der Waals surface area contributed by atoms with Gasteiger partial charge in [-0.25, -0.2) is 18.7 Å². The molecule has 2 fully saturated rings. The van der Waals surface area contributed by atoms with Crippen molar-refractivity contribution in [2.75, 3.05) is 44.7 Å². The Hall–Kier alpha value is -4.00. The van der Waals surface area contributed by atoms with Crippen LogP contribution in [0.25, 0.3) is 10.9 Å². The summed E-state index contributed by atoms with van der Waals surface area (Å²) >= 11 is 0. The van der Waals surface area contributed by atoms with Gasteiger partial charge in [0.2, 0.25) is 5.43 Å². The third-order valence-corrected chi connectivity index (χ3v) is 7.12. The average Bonchev–Trinajstić information content (AvgIpc) is 3.64. The molecule has 0 unspecified atom stereocenters. The van der Waals surface area contributed by atoms with E-state index in [9.17, 15) is 24.8 Å². The molecule has 1 saturated carbocycles. The largest absolute Gasteiger partial charge is 0.492 e. The molecule has 37 heavy (non-hydrogen) atoms. The zero-order valence-corrected chi connectivity index (χ0v) is 20.5. The molecule has 0 bridgehead atoms. The van der Waals surface area contributed by atoms with Gasteiger partial charge in [0.15, 0.2) is 17.4 Å². The van der Waals surface area contributed by atoms with Crippen LogP contribution in [0.3, 0.4) is 0 Å². The molecule has 3 aromatic rings. The number of aryl methyl sites for hydroxylation is 1. The molecular weight excluding hydrogens is 487 g/mol. The number of carboxylic acid groups (broad SMARTS) is 1. The fourth-order valence-corrected chi connectivity index (χ4v) is 5.04. The van der Waals surface area contributed by atoms with Gasteiger partial charge in [0, 0.05) is 51.9 Å². The maximum atomic E-state index is 15.5. The number of carboxylic acids is 1. The van der Waals surface area contributed by atoms with Crippen molar-refractivity contribution in [2.45, 2.75) is 32.4 Å². The molecule has 196 valence electrons. The first-order chi connectivity index (χ1) is 17.7. The first-order valence-electron chi connectivity index (χ1n) is 12.0. The van der Waals surface area contributed by atoms with E-state index in [0.717, 1.165) is 18.9 Å². The summed E-state index contributed by atoms with van der Waals surface area (Å²) in [5, 5.41) is 20.7. The van der Waals surface area contributed by atoms with Gasteiger partial charge >= 0.3 is 11.8 Å². The van der Waals surface area contributed by atoms with Crippen LogP contribution in [0, 0.1) is 22.9 Å². The molecule has 2 aliphatic rings. The normalized spacial score (nSPS) is 16.4. The van der Waals surface area contributed by atoms with Gasteiger partial charge in [0.1, 0.15) is 24.0 Å². The summed E-state index contributed by atoms with van der Waals surface area (Å²) in [6.07, 6.45) is 4.26. The van der Waals surface area contributed by atoms with Gasteiger partial charge in [0.25, 0.3) is 0 Å². The summed E-state index contributed by atoms with van der Waals surface area (Å²) in [5.74, 6) is -1.26. The predicted octanol–water partition coefficient (Wildman–Crippen LogP) is 2.42. The lowest BCUT2D eigenvalue weighted by Crippen LogP contribution is -2.47. The fourth-order valence-electron chi connectivity index (χ4n) is 5.04. The predicted molar refractivity (Wildman–Crippen MR) is 132 cm³/mol. The number of aromatic carboxylic acids is 1. The highest BCUT2D eigenvalue weighted by molar-refractivity contribution is 5.97. The standard InChI is InChI=1S/C24H27FN6O6/c1-14-26-12-19(31(35)36)29(14)10-7-27-5-8-28(9-6-27)21-18(25)11-16-20(23(21)37-2)30(15-3-4-15)13-17(22(16)32)24(33)34/h11-13,15H,3-10H2,1-2H3,(H,33,34). The van der Waals surface area contributed by atoms with E-state index in [2.05, 4.69) is 9.88 Å². The van der Waals surface area contributed by atoms with Gasteiger partial charge in [-0.1, -0.05) is 0 Å². The van der Waals surface area contributed by atoms with Crippen molar-refractivity contribution in [3.05, 3.63) is 56.0 Å². The summed E-state index contributed by atoms with van der Waals surface area (Å²) in [6, 6.07) is 1.15. The van der Waals surface area contributed by atoms with Crippen LogP contribution in [0.5, 0.6) is 5.75 Å². The highest BCUT2D eigenvalue weighted by atomic mass is 19.1. The minimum absolute atomic E-state index is 0.0131. The highest BCUT2D eigenvalue weighted by Gasteiger charge is 2.32. The van der Waals surface area contributed by atoms with E-state index in [1.807, 2.05) is 4.90 Å². The molecule has 0 radical (unpaired) electrons. The number of rotatable bonds is 8. The smallest absolute Gasteiger partial charge is 0.342 e. The van der Waals surface area contributed by atoms with Crippen LogP contribution in [-0.4, -0.2) is 74.9 Å². The quantitative estimate of drug-likeness (QED) is 0.355. The Morgan fingerprint density at radius 2 is 1.97 bits per heavy atom. The van der Waals surface area contributed by atoms with Crippen molar-refractivity contribution in [1.29, 1.82) is 0 Å². The van der Waals surface area contributed by atoms with Crippen molar-refractivity contribution in [1.82, 2.24) is 19.0 Å². The van der Waals surface area contributed by atoms with E-state index < -0.39 is 27.7 Å². The number of piperazine rings is 1. The molecule has 1 aliphatic carbocycles. The van der Waals surface area contributed by atoms with Crippen LogP contribution in [0.15, 0.2) is 23.3 Å². The van der Waals surface area contributed by atoms with E-state index in [1.54, 1.807) is 16.1 Å². The Morgan fingerprint density at radius 1 is 1.27 bits per heavy atom. The molecule has 1 N–H and O–H groups in total. The minimum Gasteiger partial charge on any atom is -0.492 e. The Balaban J connectivity index is 1.42. The molecule has 0 spiro atoms. The van der Waals surface area contributed by atoms with Crippen molar-refractivity contribution < 1.29 is 24.0 Å². The number of nitrogens with zero attached hydrogens (tertiary/aromatic N) is 6. The summed E-state index contributed by atoms with van der Waals surface area (Å²) in [5.41, 5.74) is -0.484. The topological polar surface area (TPSA) is 136 Å². The van der Waals surface area contributed by atoms with Crippen LogP contribution >= 0.6 is 0 Å². The number of imidazole rings is 1. The molecule has 13 heteroatoms. The lowest BCUT2D eigenvalue weighted by atomic mass is 10.1. The van der Waals surface area contributed by atoms with Crippen LogP contribution in [-0.2, 0) is 6.54 Å². The number of carbonyl (C=O) groups is 1. The number of halogens is 1. The van der Waals surface area contributed by atoms with Gasteiger partial charge in [-0.2, -0.15) is 0 Å². The average molecular weight is 515 g/mol. The van der Waals surface area contributed by atoms with Crippen LogP contribution in [0.4, 0.5) is 15.9 Å². The van der Waals surface area contributed by atoms with Gasteiger partial charge in [-0.05, 0) is 23.8 Å². The maximum Gasteiger partial charge on any atom is 0.342 e. The number of aromatic nitrogens is 3. The molecule has 5 rings (SSSR count). The summed E-state index contributed by atoms with van der Waals surface area (Å²) in [7, 11) is 1.42. The second-order valence-corrected chi connectivity index (χ2v) is 9.35. The third-order valence-electron chi connectivity index (χ3n) is 7.12. The van der Waals surface area contributed by atoms with Crippen molar-refractivity contribution in [3.8, 4) is 5.75 Å². The van der Waals surface area contributed by atoms with Gasteiger partial charge in [0.05, 0.1) is 18.0 Å². The van der Waals surface area contributed by atoms with Crippen LogP contribution in [0.1, 0.15) is 35.1 Å². The fraction of sp³-hybridized carbons (Fsp3) is 0.458. The number of pyridine rings is 1. The molecule has 2 aromatic heterocycles. The number of hydrogen-bond donors (Lipinski definition) is 1. The van der Waals surface area contributed by atoms with E-state index in [0.29, 0.717) is 50.6 Å². The van der Waals surface area contributed by atoms with Crippen molar-refractivity contribution in [3.63, 3.8) is 0 Å². The lowest BCUT2D eigenvalue weighted by Gasteiger charge is -2.36. The lowest BCUT2D eigenvalue weighted by molar-refractivity contribution is -0.392. The molecule has 1 aromatic carbocycles. The number of anilines is 1.